The Morgan fingerprint density at radius 2 is 2.11 bits per heavy atom. The van der Waals surface area contributed by atoms with Crippen molar-refractivity contribution in [3.05, 3.63) is 59.4 Å². The lowest BCUT2D eigenvalue weighted by molar-refractivity contribution is 0.0992. The van der Waals surface area contributed by atoms with E-state index in [9.17, 15) is 4.79 Å². The van der Waals surface area contributed by atoms with Gasteiger partial charge in [-0.3, -0.25) is 9.78 Å². The standard InChI is InChI=1S/C15H13N3O/c1-11-4-3-5-14(6-11)18(2)15(19)13-7-12(8-16)9-17-10-13/h3-7,9-10H,1-2H3. The zero-order chi connectivity index (χ0) is 13.8. The summed E-state index contributed by atoms with van der Waals surface area (Å²) in [6, 6.07) is 11.2. The summed E-state index contributed by atoms with van der Waals surface area (Å²) in [5.41, 5.74) is 2.68. The Bertz CT molecular complexity index is 658. The highest BCUT2D eigenvalue weighted by Crippen LogP contribution is 2.17. The van der Waals surface area contributed by atoms with Gasteiger partial charge in [-0.2, -0.15) is 5.26 Å². The van der Waals surface area contributed by atoms with Gasteiger partial charge in [0.15, 0.2) is 0 Å². The number of rotatable bonds is 2. The lowest BCUT2D eigenvalue weighted by Crippen LogP contribution is -2.26. The number of anilines is 1. The number of aryl methyl sites for hydroxylation is 1. The molecule has 0 aliphatic heterocycles. The highest BCUT2D eigenvalue weighted by Gasteiger charge is 2.14. The van der Waals surface area contributed by atoms with Crippen LogP contribution in [0.4, 0.5) is 5.69 Å². The Hall–Kier alpha value is -2.67. The van der Waals surface area contributed by atoms with Gasteiger partial charge in [0.2, 0.25) is 0 Å². The average Bonchev–Trinajstić information content (AvgIpc) is 2.45. The monoisotopic (exact) mass is 251 g/mol. The third kappa shape index (κ3) is 2.78. The molecule has 0 bridgehead atoms. The van der Waals surface area contributed by atoms with Gasteiger partial charge in [-0.25, -0.2) is 0 Å². The molecule has 1 heterocycles. The minimum atomic E-state index is -0.185. The summed E-state index contributed by atoms with van der Waals surface area (Å²) in [7, 11) is 1.70. The van der Waals surface area contributed by atoms with E-state index in [2.05, 4.69) is 4.98 Å². The molecule has 1 amide bonds. The quantitative estimate of drug-likeness (QED) is 0.824. The van der Waals surface area contributed by atoms with Gasteiger partial charge >= 0.3 is 0 Å². The van der Waals surface area contributed by atoms with Gasteiger partial charge in [-0.1, -0.05) is 12.1 Å². The molecule has 0 aliphatic rings. The molecule has 4 heteroatoms. The molecule has 1 aromatic carbocycles. The Morgan fingerprint density at radius 3 is 2.79 bits per heavy atom. The van der Waals surface area contributed by atoms with Crippen molar-refractivity contribution in [2.75, 3.05) is 11.9 Å². The van der Waals surface area contributed by atoms with E-state index in [1.54, 1.807) is 18.0 Å². The zero-order valence-corrected chi connectivity index (χ0v) is 10.8. The van der Waals surface area contributed by atoms with Gasteiger partial charge in [0.05, 0.1) is 11.1 Å². The molecule has 0 saturated heterocycles. The molecule has 0 aliphatic carbocycles. The van der Waals surface area contributed by atoms with Crippen LogP contribution in [-0.2, 0) is 0 Å². The fourth-order valence-corrected chi connectivity index (χ4v) is 1.77. The van der Waals surface area contributed by atoms with Crippen molar-refractivity contribution in [1.29, 1.82) is 5.26 Å². The first-order chi connectivity index (χ1) is 9.11. The van der Waals surface area contributed by atoms with Crippen LogP contribution in [-0.4, -0.2) is 17.9 Å². The number of aromatic nitrogens is 1. The number of carbonyl (C=O) groups is 1. The smallest absolute Gasteiger partial charge is 0.259 e. The van der Waals surface area contributed by atoms with Gasteiger partial charge in [0, 0.05) is 25.1 Å². The zero-order valence-electron chi connectivity index (χ0n) is 10.8. The molecule has 0 spiro atoms. The number of benzene rings is 1. The molecule has 94 valence electrons. The summed E-state index contributed by atoms with van der Waals surface area (Å²) >= 11 is 0. The predicted molar refractivity (Wildman–Crippen MR) is 72.9 cm³/mol. The van der Waals surface area contributed by atoms with Gasteiger partial charge in [0.25, 0.3) is 5.91 Å². The second kappa shape index (κ2) is 5.32. The molecule has 1 aromatic heterocycles. The van der Waals surface area contributed by atoms with E-state index in [0.717, 1.165) is 11.3 Å². The second-order valence-corrected chi connectivity index (χ2v) is 4.28. The minimum absolute atomic E-state index is 0.185. The van der Waals surface area contributed by atoms with Crippen molar-refractivity contribution >= 4 is 11.6 Å². The molecular weight excluding hydrogens is 238 g/mol. The summed E-state index contributed by atoms with van der Waals surface area (Å²) in [6.45, 7) is 1.97. The van der Waals surface area contributed by atoms with E-state index >= 15 is 0 Å². The summed E-state index contributed by atoms with van der Waals surface area (Å²) in [5.74, 6) is -0.185. The summed E-state index contributed by atoms with van der Waals surface area (Å²) in [4.78, 5) is 17.7. The largest absolute Gasteiger partial charge is 0.311 e. The molecule has 0 fully saturated rings. The van der Waals surface area contributed by atoms with E-state index < -0.39 is 0 Å². The molecule has 2 aromatic rings. The SMILES string of the molecule is Cc1cccc(N(C)C(=O)c2cncc(C#N)c2)c1. The number of nitrogens with zero attached hydrogens (tertiary/aromatic N) is 3. The number of carbonyl (C=O) groups excluding carboxylic acids is 1. The Morgan fingerprint density at radius 1 is 1.32 bits per heavy atom. The van der Waals surface area contributed by atoms with Crippen LogP contribution < -0.4 is 4.90 Å². The first kappa shape index (κ1) is 12.8. The lowest BCUT2D eigenvalue weighted by Gasteiger charge is -2.17. The van der Waals surface area contributed by atoms with E-state index in [0.29, 0.717) is 11.1 Å². The number of nitriles is 1. The molecule has 4 nitrogen and oxygen atoms in total. The fraction of sp³-hybridized carbons (Fsp3) is 0.133. The van der Waals surface area contributed by atoms with E-state index in [4.69, 9.17) is 5.26 Å². The van der Waals surface area contributed by atoms with E-state index in [-0.39, 0.29) is 5.91 Å². The van der Waals surface area contributed by atoms with Crippen LogP contribution in [0.3, 0.4) is 0 Å². The third-order valence-electron chi connectivity index (χ3n) is 2.81. The molecule has 2 rings (SSSR count). The van der Waals surface area contributed by atoms with Gasteiger partial charge in [0.1, 0.15) is 6.07 Å². The fourth-order valence-electron chi connectivity index (χ4n) is 1.77. The van der Waals surface area contributed by atoms with Crippen LogP contribution in [0.2, 0.25) is 0 Å². The first-order valence-corrected chi connectivity index (χ1v) is 5.81. The van der Waals surface area contributed by atoms with Crippen molar-refractivity contribution in [1.82, 2.24) is 4.98 Å². The maximum Gasteiger partial charge on any atom is 0.259 e. The topological polar surface area (TPSA) is 57.0 Å². The first-order valence-electron chi connectivity index (χ1n) is 5.81. The van der Waals surface area contributed by atoms with Crippen LogP contribution in [0.5, 0.6) is 0 Å². The molecule has 19 heavy (non-hydrogen) atoms. The van der Waals surface area contributed by atoms with Crippen molar-refractivity contribution in [2.45, 2.75) is 6.92 Å². The highest BCUT2D eigenvalue weighted by molar-refractivity contribution is 6.05. The predicted octanol–water partition coefficient (Wildman–Crippen LogP) is 2.54. The summed E-state index contributed by atoms with van der Waals surface area (Å²) in [5, 5.41) is 8.82. The Labute approximate surface area is 111 Å². The van der Waals surface area contributed by atoms with Crippen LogP contribution in [0, 0.1) is 18.3 Å². The average molecular weight is 251 g/mol. The normalized spacial score (nSPS) is 9.74. The van der Waals surface area contributed by atoms with Crippen LogP contribution >= 0.6 is 0 Å². The van der Waals surface area contributed by atoms with Crippen molar-refractivity contribution in [3.63, 3.8) is 0 Å². The van der Waals surface area contributed by atoms with Gasteiger partial charge in [-0.05, 0) is 30.7 Å². The molecule has 0 saturated carbocycles. The van der Waals surface area contributed by atoms with Crippen molar-refractivity contribution < 1.29 is 4.79 Å². The van der Waals surface area contributed by atoms with E-state index in [1.165, 1.54) is 12.4 Å². The van der Waals surface area contributed by atoms with Crippen LogP contribution in [0.1, 0.15) is 21.5 Å². The number of amides is 1. The lowest BCUT2D eigenvalue weighted by atomic mass is 10.1. The van der Waals surface area contributed by atoms with E-state index in [1.807, 2.05) is 37.3 Å². The van der Waals surface area contributed by atoms with Crippen molar-refractivity contribution in [2.24, 2.45) is 0 Å². The number of hydrogen-bond acceptors (Lipinski definition) is 3. The highest BCUT2D eigenvalue weighted by atomic mass is 16.2. The third-order valence-corrected chi connectivity index (χ3v) is 2.81. The molecule has 0 N–H and O–H groups in total. The molecule has 0 unspecified atom stereocenters. The minimum Gasteiger partial charge on any atom is -0.311 e. The second-order valence-electron chi connectivity index (χ2n) is 4.28. The maximum absolute atomic E-state index is 12.3. The molecular formula is C15H13N3O. The van der Waals surface area contributed by atoms with Gasteiger partial charge < -0.3 is 4.90 Å². The number of pyridine rings is 1. The van der Waals surface area contributed by atoms with Gasteiger partial charge in [-0.15, -0.1) is 0 Å². The summed E-state index contributed by atoms with van der Waals surface area (Å²) in [6.07, 6.45) is 2.90. The Balaban J connectivity index is 2.31. The summed E-state index contributed by atoms with van der Waals surface area (Å²) < 4.78 is 0. The van der Waals surface area contributed by atoms with Crippen LogP contribution in [0.25, 0.3) is 0 Å². The van der Waals surface area contributed by atoms with Crippen molar-refractivity contribution in [3.8, 4) is 6.07 Å². The molecule has 0 radical (unpaired) electrons. The maximum atomic E-state index is 12.3. The van der Waals surface area contributed by atoms with Crippen LogP contribution in [0.15, 0.2) is 42.7 Å². The number of hydrogen-bond donors (Lipinski definition) is 0. The Kier molecular flexibility index (Phi) is 3.58. The molecule has 0 atom stereocenters.